The minimum atomic E-state index is -0.386. The van der Waals surface area contributed by atoms with Gasteiger partial charge >= 0.3 is 5.00 Å². The van der Waals surface area contributed by atoms with Gasteiger partial charge in [0, 0.05) is 31.6 Å². The fraction of sp³-hybridized carbons (Fsp3) is 0.545. The Balaban J connectivity index is 2.00. The zero-order valence-electron chi connectivity index (χ0n) is 10.3. The van der Waals surface area contributed by atoms with Crippen molar-refractivity contribution in [2.24, 2.45) is 0 Å². The molecule has 0 aliphatic carbocycles. The molecule has 1 aromatic rings. The third-order valence-corrected chi connectivity index (χ3v) is 4.11. The monoisotopic (exact) mass is 269 g/mol. The second kappa shape index (κ2) is 5.03. The molecular formula is C11H15N3O3S. The Morgan fingerprint density at radius 2 is 2.39 bits per heavy atom. The average molecular weight is 269 g/mol. The maximum absolute atomic E-state index is 11.8. The van der Waals surface area contributed by atoms with Crippen LogP contribution in [0.3, 0.4) is 0 Å². The fourth-order valence-corrected chi connectivity index (χ4v) is 2.87. The summed E-state index contributed by atoms with van der Waals surface area (Å²) in [4.78, 5) is 25.7. The van der Waals surface area contributed by atoms with Crippen LogP contribution in [0.1, 0.15) is 12.0 Å². The highest BCUT2D eigenvalue weighted by atomic mass is 32.1. The minimum Gasteiger partial charge on any atom is -0.344 e. The average Bonchev–Trinajstić information content (AvgIpc) is 2.88. The van der Waals surface area contributed by atoms with Gasteiger partial charge in [-0.25, -0.2) is 0 Å². The Labute approximate surface area is 109 Å². The maximum Gasteiger partial charge on any atom is 0.324 e. The molecule has 0 aromatic carbocycles. The van der Waals surface area contributed by atoms with Gasteiger partial charge in [0.15, 0.2) is 0 Å². The van der Waals surface area contributed by atoms with E-state index >= 15 is 0 Å². The molecule has 18 heavy (non-hydrogen) atoms. The molecule has 1 fully saturated rings. The van der Waals surface area contributed by atoms with Crippen molar-refractivity contribution in [2.75, 3.05) is 20.6 Å². The van der Waals surface area contributed by atoms with Crippen molar-refractivity contribution >= 4 is 22.2 Å². The summed E-state index contributed by atoms with van der Waals surface area (Å²) in [6.07, 6.45) is 0.818. The molecule has 1 aliphatic rings. The quantitative estimate of drug-likeness (QED) is 0.610. The molecule has 0 bridgehead atoms. The van der Waals surface area contributed by atoms with Crippen LogP contribution in [0, 0.1) is 10.1 Å². The van der Waals surface area contributed by atoms with E-state index in [9.17, 15) is 14.9 Å². The van der Waals surface area contributed by atoms with E-state index < -0.39 is 0 Å². The van der Waals surface area contributed by atoms with E-state index in [1.807, 2.05) is 11.9 Å². The molecule has 2 heterocycles. The van der Waals surface area contributed by atoms with Crippen LogP contribution in [0.15, 0.2) is 11.4 Å². The Kier molecular flexibility index (Phi) is 3.63. The highest BCUT2D eigenvalue weighted by Crippen LogP contribution is 2.24. The summed E-state index contributed by atoms with van der Waals surface area (Å²) in [5.74, 6) is 0.127. The van der Waals surface area contributed by atoms with Crippen molar-refractivity contribution in [3.63, 3.8) is 0 Å². The Hall–Kier alpha value is -1.47. The smallest absolute Gasteiger partial charge is 0.324 e. The zero-order valence-corrected chi connectivity index (χ0v) is 11.1. The van der Waals surface area contributed by atoms with Crippen LogP contribution in [0.25, 0.3) is 0 Å². The molecule has 0 N–H and O–H groups in total. The summed E-state index contributed by atoms with van der Waals surface area (Å²) in [6, 6.07) is 1.47. The molecule has 1 aliphatic heterocycles. The summed E-state index contributed by atoms with van der Waals surface area (Å²) in [5.41, 5.74) is 0.886. The van der Waals surface area contributed by atoms with Crippen molar-refractivity contribution in [3.8, 4) is 0 Å². The van der Waals surface area contributed by atoms with Gasteiger partial charge in [0.05, 0.1) is 11.0 Å². The highest BCUT2D eigenvalue weighted by molar-refractivity contribution is 7.13. The van der Waals surface area contributed by atoms with Crippen LogP contribution in [-0.2, 0) is 11.3 Å². The predicted octanol–water partition coefficient (Wildman–Crippen LogP) is 1.32. The first-order valence-corrected chi connectivity index (χ1v) is 6.54. The summed E-state index contributed by atoms with van der Waals surface area (Å²) in [5, 5.41) is 12.5. The van der Waals surface area contributed by atoms with Crippen LogP contribution in [0.2, 0.25) is 0 Å². The van der Waals surface area contributed by atoms with Crippen LogP contribution >= 0.6 is 11.3 Å². The molecule has 1 saturated heterocycles. The van der Waals surface area contributed by atoms with Gasteiger partial charge in [0.1, 0.15) is 0 Å². The number of likely N-dealkylation sites (tertiary alicyclic amines) is 1. The third-order valence-electron chi connectivity index (χ3n) is 3.18. The molecule has 2 rings (SSSR count). The van der Waals surface area contributed by atoms with Gasteiger partial charge in [0.25, 0.3) is 0 Å². The van der Waals surface area contributed by atoms with Gasteiger partial charge in [-0.15, -0.1) is 0 Å². The van der Waals surface area contributed by atoms with E-state index in [4.69, 9.17) is 0 Å². The number of amides is 1. The van der Waals surface area contributed by atoms with Crippen molar-refractivity contribution in [1.29, 1.82) is 0 Å². The van der Waals surface area contributed by atoms with E-state index in [0.29, 0.717) is 6.54 Å². The van der Waals surface area contributed by atoms with Crippen LogP contribution in [0.5, 0.6) is 0 Å². The summed E-state index contributed by atoms with van der Waals surface area (Å²) in [6.45, 7) is 1.34. The Bertz CT molecular complexity index is 474. The number of nitrogens with zero attached hydrogens (tertiary/aromatic N) is 3. The van der Waals surface area contributed by atoms with Gasteiger partial charge in [-0.2, -0.15) is 0 Å². The Morgan fingerprint density at radius 3 is 2.89 bits per heavy atom. The van der Waals surface area contributed by atoms with Crippen molar-refractivity contribution < 1.29 is 9.72 Å². The van der Waals surface area contributed by atoms with Crippen molar-refractivity contribution in [2.45, 2.75) is 19.0 Å². The lowest BCUT2D eigenvalue weighted by Crippen LogP contribution is -2.37. The van der Waals surface area contributed by atoms with E-state index in [2.05, 4.69) is 0 Å². The number of rotatable bonds is 4. The first-order chi connectivity index (χ1) is 8.49. The second-order valence-electron chi connectivity index (χ2n) is 4.53. The molecular weight excluding hydrogens is 254 g/mol. The SMILES string of the molecule is CN1CC[C@H](N(C)Cc2csc([N+](=O)[O-])c2)C1=O. The number of nitro groups is 1. The summed E-state index contributed by atoms with van der Waals surface area (Å²) >= 11 is 1.12. The van der Waals surface area contributed by atoms with Crippen LogP contribution < -0.4 is 0 Å². The highest BCUT2D eigenvalue weighted by Gasteiger charge is 2.32. The molecule has 98 valence electrons. The van der Waals surface area contributed by atoms with Gasteiger partial charge in [0.2, 0.25) is 5.91 Å². The lowest BCUT2D eigenvalue weighted by atomic mass is 10.2. The minimum absolute atomic E-state index is 0.103. The first-order valence-electron chi connectivity index (χ1n) is 5.66. The molecule has 6 nitrogen and oxygen atoms in total. The van der Waals surface area contributed by atoms with E-state index in [1.165, 1.54) is 0 Å². The molecule has 1 aromatic heterocycles. The number of carbonyl (C=O) groups excluding carboxylic acids is 1. The zero-order chi connectivity index (χ0) is 13.3. The van der Waals surface area contributed by atoms with Gasteiger partial charge in [-0.3, -0.25) is 19.8 Å². The van der Waals surface area contributed by atoms with E-state index in [1.54, 1.807) is 23.4 Å². The van der Waals surface area contributed by atoms with Gasteiger partial charge < -0.3 is 4.90 Å². The van der Waals surface area contributed by atoms with Gasteiger partial charge in [-0.1, -0.05) is 11.3 Å². The molecule has 0 saturated carbocycles. The van der Waals surface area contributed by atoms with Gasteiger partial charge in [-0.05, 0) is 19.0 Å². The molecule has 0 spiro atoms. The fourth-order valence-electron chi connectivity index (χ4n) is 2.15. The third kappa shape index (κ3) is 2.51. The molecule has 0 radical (unpaired) electrons. The molecule has 7 heteroatoms. The van der Waals surface area contributed by atoms with E-state index in [0.717, 1.165) is 29.9 Å². The standard InChI is InChI=1S/C11H15N3O3S/c1-12-4-3-9(11(12)15)13(2)6-8-5-10(14(16)17)18-7-8/h5,7,9H,3-4,6H2,1-2H3/t9-/m0/s1. The van der Waals surface area contributed by atoms with Crippen LogP contribution in [-0.4, -0.2) is 47.3 Å². The number of carbonyl (C=O) groups is 1. The van der Waals surface area contributed by atoms with E-state index in [-0.39, 0.29) is 21.9 Å². The maximum atomic E-state index is 11.8. The number of thiophene rings is 1. The lowest BCUT2D eigenvalue weighted by Gasteiger charge is -2.22. The predicted molar refractivity (Wildman–Crippen MR) is 68.5 cm³/mol. The number of hydrogen-bond acceptors (Lipinski definition) is 5. The number of hydrogen-bond donors (Lipinski definition) is 0. The second-order valence-corrected chi connectivity index (χ2v) is 5.42. The number of likely N-dealkylation sites (N-methyl/N-ethyl adjacent to an activating group) is 2. The Morgan fingerprint density at radius 1 is 1.67 bits per heavy atom. The molecule has 1 atom stereocenters. The largest absolute Gasteiger partial charge is 0.344 e. The van der Waals surface area contributed by atoms with Crippen molar-refractivity contribution in [3.05, 3.63) is 27.1 Å². The topological polar surface area (TPSA) is 66.7 Å². The summed E-state index contributed by atoms with van der Waals surface area (Å²) < 4.78 is 0. The van der Waals surface area contributed by atoms with Crippen LogP contribution in [0.4, 0.5) is 5.00 Å². The normalized spacial score (nSPS) is 19.8. The first kappa shape index (κ1) is 13.0. The molecule has 1 amide bonds. The molecule has 0 unspecified atom stereocenters. The lowest BCUT2D eigenvalue weighted by molar-refractivity contribution is -0.380. The van der Waals surface area contributed by atoms with Crippen molar-refractivity contribution in [1.82, 2.24) is 9.80 Å². The summed E-state index contributed by atoms with van der Waals surface area (Å²) in [7, 11) is 3.68.